The Labute approximate surface area is 131 Å². The first-order valence-electron chi connectivity index (χ1n) is 6.56. The van der Waals surface area contributed by atoms with Crippen molar-refractivity contribution in [3.63, 3.8) is 0 Å². The number of hydrogen-bond acceptors (Lipinski definition) is 2. The van der Waals surface area contributed by atoms with Crippen LogP contribution in [-0.4, -0.2) is 10.9 Å². The van der Waals surface area contributed by atoms with E-state index in [2.05, 4.69) is 26.2 Å². The lowest BCUT2D eigenvalue weighted by atomic mass is 10.1. The number of anilines is 1. The molecule has 4 heteroatoms. The van der Waals surface area contributed by atoms with E-state index in [1.54, 1.807) is 12.3 Å². The van der Waals surface area contributed by atoms with E-state index in [9.17, 15) is 4.79 Å². The Morgan fingerprint density at radius 3 is 2.76 bits per heavy atom. The summed E-state index contributed by atoms with van der Waals surface area (Å²) in [6, 6.07) is 15.2. The SMILES string of the molecule is Cc1ccc(NC(=O)c2ccnc3ccccc23)c(Br)c1. The van der Waals surface area contributed by atoms with Gasteiger partial charge in [0.15, 0.2) is 0 Å². The van der Waals surface area contributed by atoms with E-state index in [-0.39, 0.29) is 5.91 Å². The number of rotatable bonds is 2. The van der Waals surface area contributed by atoms with E-state index < -0.39 is 0 Å². The molecule has 2 aromatic carbocycles. The molecule has 1 amide bonds. The molecule has 0 saturated carbocycles. The van der Waals surface area contributed by atoms with Crippen molar-refractivity contribution in [1.29, 1.82) is 0 Å². The van der Waals surface area contributed by atoms with Crippen LogP contribution in [0.5, 0.6) is 0 Å². The summed E-state index contributed by atoms with van der Waals surface area (Å²) >= 11 is 3.47. The molecule has 1 heterocycles. The van der Waals surface area contributed by atoms with E-state index in [0.717, 1.165) is 26.6 Å². The minimum atomic E-state index is -0.141. The Kier molecular flexibility index (Phi) is 3.71. The van der Waals surface area contributed by atoms with Gasteiger partial charge in [-0.3, -0.25) is 9.78 Å². The number of pyridine rings is 1. The van der Waals surface area contributed by atoms with E-state index in [0.29, 0.717) is 5.56 Å². The predicted molar refractivity (Wildman–Crippen MR) is 88.6 cm³/mol. The standard InChI is InChI=1S/C17H13BrN2O/c1-11-6-7-16(14(18)10-11)20-17(21)13-8-9-19-15-5-3-2-4-12(13)15/h2-10H,1H3,(H,20,21). The average Bonchev–Trinajstić information content (AvgIpc) is 2.49. The highest BCUT2D eigenvalue weighted by Gasteiger charge is 2.11. The summed E-state index contributed by atoms with van der Waals surface area (Å²) in [5.41, 5.74) is 3.32. The number of nitrogens with one attached hydrogen (secondary N) is 1. The normalized spacial score (nSPS) is 10.6. The number of aryl methyl sites for hydroxylation is 1. The minimum absolute atomic E-state index is 0.141. The lowest BCUT2D eigenvalue weighted by Gasteiger charge is -2.09. The van der Waals surface area contributed by atoms with Gasteiger partial charge < -0.3 is 5.32 Å². The van der Waals surface area contributed by atoms with Gasteiger partial charge in [0.2, 0.25) is 0 Å². The van der Waals surface area contributed by atoms with Crippen molar-refractivity contribution >= 4 is 38.4 Å². The van der Waals surface area contributed by atoms with Crippen LogP contribution in [0.25, 0.3) is 10.9 Å². The zero-order valence-electron chi connectivity index (χ0n) is 11.4. The Morgan fingerprint density at radius 2 is 1.95 bits per heavy atom. The third-order valence-corrected chi connectivity index (χ3v) is 3.92. The fraction of sp³-hybridized carbons (Fsp3) is 0.0588. The molecular formula is C17H13BrN2O. The first kappa shape index (κ1) is 13.8. The van der Waals surface area contributed by atoms with Crippen LogP contribution in [0, 0.1) is 6.92 Å². The van der Waals surface area contributed by atoms with E-state index in [1.165, 1.54) is 0 Å². The molecule has 21 heavy (non-hydrogen) atoms. The second-order valence-electron chi connectivity index (χ2n) is 4.81. The molecule has 0 aliphatic heterocycles. The van der Waals surface area contributed by atoms with Crippen molar-refractivity contribution in [2.45, 2.75) is 6.92 Å². The molecule has 1 aromatic heterocycles. The van der Waals surface area contributed by atoms with Crippen molar-refractivity contribution in [3.05, 3.63) is 70.3 Å². The summed E-state index contributed by atoms with van der Waals surface area (Å²) < 4.78 is 0.870. The second-order valence-corrected chi connectivity index (χ2v) is 5.67. The largest absolute Gasteiger partial charge is 0.321 e. The molecule has 0 fully saturated rings. The van der Waals surface area contributed by atoms with Gasteiger partial charge >= 0.3 is 0 Å². The molecule has 3 aromatic rings. The molecule has 0 bridgehead atoms. The number of benzene rings is 2. The maximum Gasteiger partial charge on any atom is 0.256 e. The van der Waals surface area contributed by atoms with Crippen LogP contribution in [0.15, 0.2) is 59.2 Å². The molecule has 3 nitrogen and oxygen atoms in total. The smallest absolute Gasteiger partial charge is 0.256 e. The van der Waals surface area contributed by atoms with Gasteiger partial charge in [-0.05, 0) is 52.7 Å². The highest BCUT2D eigenvalue weighted by Crippen LogP contribution is 2.25. The Morgan fingerprint density at radius 1 is 1.14 bits per heavy atom. The highest BCUT2D eigenvalue weighted by molar-refractivity contribution is 9.10. The van der Waals surface area contributed by atoms with Gasteiger partial charge in [0.25, 0.3) is 5.91 Å². The molecule has 1 N–H and O–H groups in total. The zero-order valence-corrected chi connectivity index (χ0v) is 13.0. The monoisotopic (exact) mass is 340 g/mol. The summed E-state index contributed by atoms with van der Waals surface area (Å²) in [6.45, 7) is 2.01. The molecule has 3 rings (SSSR count). The number of amides is 1. The summed E-state index contributed by atoms with van der Waals surface area (Å²) in [4.78, 5) is 16.8. The Balaban J connectivity index is 1.97. The first-order chi connectivity index (χ1) is 10.1. The quantitative estimate of drug-likeness (QED) is 0.743. The van der Waals surface area contributed by atoms with Gasteiger partial charge in [-0.2, -0.15) is 0 Å². The lowest BCUT2D eigenvalue weighted by molar-refractivity contribution is 0.102. The maximum absolute atomic E-state index is 12.5. The summed E-state index contributed by atoms with van der Waals surface area (Å²) in [5.74, 6) is -0.141. The summed E-state index contributed by atoms with van der Waals surface area (Å²) in [5, 5.41) is 3.78. The van der Waals surface area contributed by atoms with Crippen molar-refractivity contribution in [1.82, 2.24) is 4.98 Å². The van der Waals surface area contributed by atoms with Crippen LogP contribution in [-0.2, 0) is 0 Å². The average molecular weight is 341 g/mol. The number of para-hydroxylation sites is 1. The van der Waals surface area contributed by atoms with Crippen LogP contribution < -0.4 is 5.32 Å². The fourth-order valence-corrected chi connectivity index (χ4v) is 2.80. The third kappa shape index (κ3) is 2.81. The highest BCUT2D eigenvalue weighted by atomic mass is 79.9. The number of fused-ring (bicyclic) bond motifs is 1. The molecule has 0 saturated heterocycles. The van der Waals surface area contributed by atoms with Gasteiger partial charge in [-0.25, -0.2) is 0 Å². The van der Waals surface area contributed by atoms with Gasteiger partial charge in [0, 0.05) is 16.1 Å². The van der Waals surface area contributed by atoms with E-state index >= 15 is 0 Å². The Bertz CT molecular complexity index is 825. The van der Waals surface area contributed by atoms with Crippen molar-refractivity contribution in [2.24, 2.45) is 0 Å². The van der Waals surface area contributed by atoms with Gasteiger partial charge in [0.05, 0.1) is 16.8 Å². The lowest BCUT2D eigenvalue weighted by Crippen LogP contribution is -2.13. The van der Waals surface area contributed by atoms with E-state index in [4.69, 9.17) is 0 Å². The predicted octanol–water partition coefficient (Wildman–Crippen LogP) is 4.56. The number of carbonyl (C=O) groups is 1. The molecule has 0 atom stereocenters. The van der Waals surface area contributed by atoms with Crippen LogP contribution >= 0.6 is 15.9 Å². The summed E-state index contributed by atoms with van der Waals surface area (Å²) in [7, 11) is 0. The van der Waals surface area contributed by atoms with Crippen molar-refractivity contribution in [3.8, 4) is 0 Å². The van der Waals surface area contributed by atoms with Crippen LogP contribution in [0.1, 0.15) is 15.9 Å². The number of aromatic nitrogens is 1. The fourth-order valence-electron chi connectivity index (χ4n) is 2.21. The van der Waals surface area contributed by atoms with E-state index in [1.807, 2.05) is 49.4 Å². The number of nitrogens with zero attached hydrogens (tertiary/aromatic N) is 1. The maximum atomic E-state index is 12.5. The van der Waals surface area contributed by atoms with Gasteiger partial charge in [0.1, 0.15) is 0 Å². The topological polar surface area (TPSA) is 42.0 Å². The zero-order chi connectivity index (χ0) is 14.8. The number of carbonyl (C=O) groups excluding carboxylic acids is 1. The number of hydrogen-bond donors (Lipinski definition) is 1. The second kappa shape index (κ2) is 5.66. The molecule has 0 radical (unpaired) electrons. The first-order valence-corrected chi connectivity index (χ1v) is 7.36. The molecular weight excluding hydrogens is 328 g/mol. The Hall–Kier alpha value is -2.20. The van der Waals surface area contributed by atoms with Crippen LogP contribution in [0.3, 0.4) is 0 Å². The third-order valence-electron chi connectivity index (χ3n) is 3.27. The van der Waals surface area contributed by atoms with Crippen LogP contribution in [0.2, 0.25) is 0 Å². The molecule has 0 spiro atoms. The molecule has 0 aliphatic carbocycles. The molecule has 0 unspecified atom stereocenters. The molecule has 0 aliphatic rings. The molecule has 104 valence electrons. The van der Waals surface area contributed by atoms with Gasteiger partial charge in [-0.15, -0.1) is 0 Å². The minimum Gasteiger partial charge on any atom is -0.321 e. The summed E-state index contributed by atoms with van der Waals surface area (Å²) in [6.07, 6.45) is 1.65. The van der Waals surface area contributed by atoms with Gasteiger partial charge in [-0.1, -0.05) is 24.3 Å². The van der Waals surface area contributed by atoms with Crippen molar-refractivity contribution in [2.75, 3.05) is 5.32 Å². The van der Waals surface area contributed by atoms with Crippen LogP contribution in [0.4, 0.5) is 5.69 Å². The van der Waals surface area contributed by atoms with Crippen molar-refractivity contribution < 1.29 is 4.79 Å². The number of halogens is 1.